The molecule has 0 fully saturated rings. The van der Waals surface area contributed by atoms with Crippen LogP contribution in [-0.2, 0) is 20.7 Å². The molecule has 0 radical (unpaired) electrons. The fourth-order valence-corrected chi connectivity index (χ4v) is 2.40. The van der Waals surface area contributed by atoms with Gasteiger partial charge in [-0.1, -0.05) is 0 Å². The molecule has 1 aliphatic heterocycles. The van der Waals surface area contributed by atoms with E-state index in [-0.39, 0.29) is 18.1 Å². The molecule has 1 unspecified atom stereocenters. The average molecular weight is 290 g/mol. The van der Waals surface area contributed by atoms with E-state index in [0.717, 1.165) is 11.3 Å². The minimum Gasteiger partial charge on any atom is -0.469 e. The Bertz CT molecular complexity index is 597. The maximum absolute atomic E-state index is 12.4. The molecule has 0 aliphatic carbocycles. The van der Waals surface area contributed by atoms with Crippen LogP contribution in [0.5, 0.6) is 0 Å². The van der Waals surface area contributed by atoms with E-state index in [1.54, 1.807) is 37.2 Å². The van der Waals surface area contributed by atoms with Crippen molar-refractivity contribution in [3.05, 3.63) is 29.3 Å². The quantitative estimate of drug-likeness (QED) is 0.633. The van der Waals surface area contributed by atoms with Crippen molar-refractivity contribution in [3.63, 3.8) is 0 Å². The Hall–Kier alpha value is -2.21. The lowest BCUT2D eigenvalue weighted by Crippen LogP contribution is -2.36. The largest absolute Gasteiger partial charge is 0.469 e. The van der Waals surface area contributed by atoms with Gasteiger partial charge in [0.1, 0.15) is 0 Å². The minimum absolute atomic E-state index is 0.00864. The second-order valence-corrected chi connectivity index (χ2v) is 4.96. The van der Waals surface area contributed by atoms with E-state index in [4.69, 9.17) is 0 Å². The molecule has 1 amide bonds. The molecule has 1 aliphatic rings. The summed E-state index contributed by atoms with van der Waals surface area (Å²) in [5.74, 6) is -0.624. The lowest BCUT2D eigenvalue weighted by Gasteiger charge is -2.15. The van der Waals surface area contributed by atoms with Crippen LogP contribution in [0.3, 0.4) is 0 Å². The first-order chi connectivity index (χ1) is 9.97. The molecule has 1 aromatic carbocycles. The van der Waals surface area contributed by atoms with Crippen LogP contribution in [0.1, 0.15) is 22.3 Å². The predicted octanol–water partition coefficient (Wildman–Crippen LogP) is 0.539. The minimum atomic E-state index is -0.634. The highest BCUT2D eigenvalue weighted by molar-refractivity contribution is 6.05. The zero-order valence-electron chi connectivity index (χ0n) is 12.3. The number of fused-ring (bicyclic) bond motifs is 1. The Morgan fingerprint density at radius 2 is 2.14 bits per heavy atom. The molecule has 1 aromatic rings. The van der Waals surface area contributed by atoms with Gasteiger partial charge in [0.2, 0.25) is 5.91 Å². The molecule has 6 heteroatoms. The fraction of sp³-hybridized carbons (Fsp3) is 0.400. The number of anilines is 1. The lowest BCUT2D eigenvalue weighted by atomic mass is 9.99. The van der Waals surface area contributed by atoms with Gasteiger partial charge in [0.25, 0.3) is 0 Å². The number of carbonyl (C=O) groups is 3. The van der Waals surface area contributed by atoms with Crippen LogP contribution in [0, 0.1) is 0 Å². The van der Waals surface area contributed by atoms with Crippen molar-refractivity contribution in [2.45, 2.75) is 18.9 Å². The lowest BCUT2D eigenvalue weighted by molar-refractivity contribution is -0.140. The first kappa shape index (κ1) is 15.2. The van der Waals surface area contributed by atoms with Crippen LogP contribution >= 0.6 is 0 Å². The SMILES string of the molecule is CNC(CC(=O)OC)C(=O)c1ccc2c(c1)CC(=O)N2C. The standard InChI is InChI=1S/C15H18N2O4/c1-16-11(8-14(19)21-3)15(20)9-4-5-12-10(6-9)7-13(18)17(12)2/h4-6,11,16H,7-8H2,1-3H3. The van der Waals surface area contributed by atoms with Gasteiger partial charge in [-0.3, -0.25) is 14.4 Å². The second-order valence-electron chi connectivity index (χ2n) is 4.96. The Kier molecular flexibility index (Phi) is 4.37. The molecule has 6 nitrogen and oxygen atoms in total. The van der Waals surface area contributed by atoms with E-state index < -0.39 is 12.0 Å². The zero-order valence-corrected chi connectivity index (χ0v) is 12.3. The van der Waals surface area contributed by atoms with Gasteiger partial charge >= 0.3 is 5.97 Å². The smallest absolute Gasteiger partial charge is 0.307 e. The molecule has 0 saturated carbocycles. The van der Waals surface area contributed by atoms with Crippen LogP contribution in [0.4, 0.5) is 5.69 Å². The van der Waals surface area contributed by atoms with Crippen LogP contribution in [0.15, 0.2) is 18.2 Å². The van der Waals surface area contributed by atoms with Crippen molar-refractivity contribution in [2.24, 2.45) is 0 Å². The third-order valence-corrected chi connectivity index (χ3v) is 3.70. The van der Waals surface area contributed by atoms with Crippen molar-refractivity contribution < 1.29 is 19.1 Å². The van der Waals surface area contributed by atoms with Crippen LogP contribution in [0.2, 0.25) is 0 Å². The maximum Gasteiger partial charge on any atom is 0.307 e. The predicted molar refractivity (Wildman–Crippen MR) is 77.4 cm³/mol. The number of nitrogens with zero attached hydrogens (tertiary/aromatic N) is 1. The third-order valence-electron chi connectivity index (χ3n) is 3.70. The molecule has 1 heterocycles. The fourth-order valence-electron chi connectivity index (χ4n) is 2.40. The summed E-state index contributed by atoms with van der Waals surface area (Å²) in [5.41, 5.74) is 2.15. The highest BCUT2D eigenvalue weighted by Crippen LogP contribution is 2.28. The number of hydrogen-bond donors (Lipinski definition) is 1. The number of hydrogen-bond acceptors (Lipinski definition) is 5. The molecule has 1 atom stereocenters. The zero-order chi connectivity index (χ0) is 15.6. The van der Waals surface area contributed by atoms with Crippen molar-refractivity contribution >= 4 is 23.3 Å². The number of benzene rings is 1. The van der Waals surface area contributed by atoms with Gasteiger partial charge in [-0.2, -0.15) is 0 Å². The van der Waals surface area contributed by atoms with Gasteiger partial charge in [0.05, 0.1) is 26.0 Å². The molecule has 1 N–H and O–H groups in total. The number of likely N-dealkylation sites (N-methyl/N-ethyl adjacent to an activating group) is 2. The Balaban J connectivity index is 2.22. The molecule has 0 saturated heterocycles. The van der Waals surface area contributed by atoms with E-state index in [2.05, 4.69) is 10.1 Å². The highest BCUT2D eigenvalue weighted by Gasteiger charge is 2.27. The Labute approximate surface area is 123 Å². The summed E-state index contributed by atoms with van der Waals surface area (Å²) in [6.45, 7) is 0. The highest BCUT2D eigenvalue weighted by atomic mass is 16.5. The number of methoxy groups -OCH3 is 1. The molecule has 0 bridgehead atoms. The molecule has 112 valence electrons. The number of carbonyl (C=O) groups excluding carboxylic acids is 3. The molecule has 0 aromatic heterocycles. The summed E-state index contributed by atoms with van der Waals surface area (Å²) >= 11 is 0. The molecular formula is C15H18N2O4. The number of amides is 1. The normalized spacial score (nSPS) is 14.8. The van der Waals surface area contributed by atoms with Gasteiger partial charge < -0.3 is 15.0 Å². The summed E-state index contributed by atoms with van der Waals surface area (Å²) in [6, 6.07) is 4.53. The number of esters is 1. The van der Waals surface area contributed by atoms with Crippen molar-refractivity contribution in [2.75, 3.05) is 26.1 Å². The number of ketones is 1. The third kappa shape index (κ3) is 2.95. The first-order valence-corrected chi connectivity index (χ1v) is 6.65. The van der Waals surface area contributed by atoms with Crippen LogP contribution < -0.4 is 10.2 Å². The summed E-state index contributed by atoms with van der Waals surface area (Å²) < 4.78 is 4.59. The van der Waals surface area contributed by atoms with Gasteiger partial charge in [-0.25, -0.2) is 0 Å². The summed E-state index contributed by atoms with van der Waals surface area (Å²) in [4.78, 5) is 37.0. The van der Waals surface area contributed by atoms with Crippen LogP contribution in [-0.4, -0.2) is 44.9 Å². The van der Waals surface area contributed by atoms with Gasteiger partial charge in [0, 0.05) is 18.3 Å². The first-order valence-electron chi connectivity index (χ1n) is 6.65. The van der Waals surface area contributed by atoms with Crippen molar-refractivity contribution in [1.29, 1.82) is 0 Å². The van der Waals surface area contributed by atoms with Crippen molar-refractivity contribution in [1.82, 2.24) is 5.32 Å². The van der Waals surface area contributed by atoms with Crippen LogP contribution in [0.25, 0.3) is 0 Å². The van der Waals surface area contributed by atoms with E-state index in [9.17, 15) is 14.4 Å². The van der Waals surface area contributed by atoms with E-state index in [1.165, 1.54) is 7.11 Å². The molecular weight excluding hydrogens is 272 g/mol. The van der Waals surface area contributed by atoms with Gasteiger partial charge in [-0.15, -0.1) is 0 Å². The Morgan fingerprint density at radius 1 is 1.43 bits per heavy atom. The molecule has 0 spiro atoms. The number of Topliss-reactive ketones (excluding diaryl/α,β-unsaturated/α-hetero) is 1. The Morgan fingerprint density at radius 3 is 2.76 bits per heavy atom. The van der Waals surface area contributed by atoms with Crippen molar-refractivity contribution in [3.8, 4) is 0 Å². The van der Waals surface area contributed by atoms with E-state index >= 15 is 0 Å². The molecule has 2 rings (SSSR count). The number of nitrogens with one attached hydrogen (secondary N) is 1. The van der Waals surface area contributed by atoms with E-state index in [0.29, 0.717) is 12.0 Å². The van der Waals surface area contributed by atoms with Gasteiger partial charge in [0.15, 0.2) is 5.78 Å². The maximum atomic E-state index is 12.4. The number of ether oxygens (including phenoxy) is 1. The topological polar surface area (TPSA) is 75.7 Å². The second kappa shape index (κ2) is 6.05. The average Bonchev–Trinajstić information content (AvgIpc) is 2.78. The van der Waals surface area contributed by atoms with E-state index in [1.807, 2.05) is 0 Å². The van der Waals surface area contributed by atoms with Gasteiger partial charge in [-0.05, 0) is 30.8 Å². The molecule has 21 heavy (non-hydrogen) atoms. The summed E-state index contributed by atoms with van der Waals surface area (Å²) in [6.07, 6.45) is 0.274. The number of rotatable bonds is 5. The summed E-state index contributed by atoms with van der Waals surface area (Å²) in [7, 11) is 4.62. The summed E-state index contributed by atoms with van der Waals surface area (Å²) in [5, 5.41) is 2.82. The monoisotopic (exact) mass is 290 g/mol.